The highest BCUT2D eigenvalue weighted by atomic mass is 19.1. The lowest BCUT2D eigenvalue weighted by Gasteiger charge is -2.09. The molecule has 0 atom stereocenters. The summed E-state index contributed by atoms with van der Waals surface area (Å²) in [5, 5.41) is 4.71. The molecule has 2 aromatic heterocycles. The molecule has 0 unspecified atom stereocenters. The Kier molecular flexibility index (Phi) is 4.32. The zero-order valence-corrected chi connectivity index (χ0v) is 14.4. The molecular weight excluding hydrogens is 325 g/mol. The van der Waals surface area contributed by atoms with E-state index in [9.17, 15) is 4.39 Å². The zero-order valence-electron chi connectivity index (χ0n) is 14.4. The van der Waals surface area contributed by atoms with Gasteiger partial charge in [0.1, 0.15) is 11.5 Å². The molecule has 0 aliphatic heterocycles. The third-order valence-electron chi connectivity index (χ3n) is 4.30. The van der Waals surface area contributed by atoms with Crippen LogP contribution >= 0.6 is 0 Å². The van der Waals surface area contributed by atoms with Crippen LogP contribution in [0.3, 0.4) is 0 Å². The molecule has 4 aromatic rings. The van der Waals surface area contributed by atoms with Crippen molar-refractivity contribution in [2.45, 2.75) is 13.5 Å². The van der Waals surface area contributed by atoms with Crippen LogP contribution in [0.1, 0.15) is 11.1 Å². The lowest BCUT2D eigenvalue weighted by Crippen LogP contribution is -2.05. The van der Waals surface area contributed by atoms with E-state index in [0.29, 0.717) is 12.1 Å². The summed E-state index contributed by atoms with van der Waals surface area (Å²) in [5.41, 5.74) is 5.35. The van der Waals surface area contributed by atoms with Crippen molar-refractivity contribution in [3.8, 4) is 22.6 Å². The molecule has 2 aromatic carbocycles. The monoisotopic (exact) mass is 343 g/mol. The highest BCUT2D eigenvalue weighted by Crippen LogP contribution is 2.27. The van der Waals surface area contributed by atoms with Gasteiger partial charge in [-0.25, -0.2) is 4.39 Å². The number of aryl methyl sites for hydroxylation is 1. The van der Waals surface area contributed by atoms with Crippen molar-refractivity contribution in [2.75, 3.05) is 0 Å². The fourth-order valence-corrected chi connectivity index (χ4v) is 3.00. The number of pyridine rings is 1. The maximum Gasteiger partial charge on any atom is 0.128 e. The van der Waals surface area contributed by atoms with E-state index in [1.807, 2.05) is 47.1 Å². The molecule has 128 valence electrons. The van der Waals surface area contributed by atoms with E-state index in [0.717, 1.165) is 22.6 Å². The zero-order chi connectivity index (χ0) is 17.9. The molecule has 0 bridgehead atoms. The molecule has 2 heterocycles. The lowest BCUT2D eigenvalue weighted by atomic mass is 10.1. The Balaban J connectivity index is 1.83. The van der Waals surface area contributed by atoms with Crippen LogP contribution in [0.5, 0.6) is 0 Å². The van der Waals surface area contributed by atoms with Crippen LogP contribution in [-0.4, -0.2) is 14.8 Å². The van der Waals surface area contributed by atoms with Crippen molar-refractivity contribution in [3.05, 3.63) is 95.9 Å². The van der Waals surface area contributed by atoms with E-state index in [1.165, 1.54) is 11.6 Å². The van der Waals surface area contributed by atoms with Gasteiger partial charge in [0, 0.05) is 17.3 Å². The van der Waals surface area contributed by atoms with Gasteiger partial charge in [0.15, 0.2) is 0 Å². The average Bonchev–Trinajstić information content (AvgIpc) is 3.08. The number of nitrogens with zero attached hydrogens (tertiary/aromatic N) is 3. The minimum absolute atomic E-state index is 0.224. The summed E-state index contributed by atoms with van der Waals surface area (Å²) in [6.45, 7) is 2.42. The minimum Gasteiger partial charge on any atom is -0.260 e. The molecule has 26 heavy (non-hydrogen) atoms. The summed E-state index contributed by atoms with van der Waals surface area (Å²) < 4.78 is 16.0. The molecule has 0 aliphatic carbocycles. The number of aromatic nitrogens is 3. The van der Waals surface area contributed by atoms with Crippen LogP contribution in [0.25, 0.3) is 22.6 Å². The topological polar surface area (TPSA) is 30.7 Å². The second-order valence-electron chi connectivity index (χ2n) is 6.25. The standard InChI is InChI=1S/C22H18FN3/c1-16-7-6-9-17(13-16)22-14-21(20-11-4-5-12-24-20)25-26(22)15-18-8-2-3-10-19(18)23/h2-14H,15H2,1H3. The number of rotatable bonds is 4. The SMILES string of the molecule is Cc1cccc(-c2cc(-c3ccccn3)nn2Cc2ccccc2F)c1. The largest absolute Gasteiger partial charge is 0.260 e. The molecule has 0 saturated heterocycles. The summed E-state index contributed by atoms with van der Waals surface area (Å²) in [5.74, 6) is -0.224. The Hall–Kier alpha value is -3.27. The Bertz CT molecular complexity index is 1040. The Morgan fingerprint density at radius 1 is 0.885 bits per heavy atom. The van der Waals surface area contributed by atoms with E-state index in [1.54, 1.807) is 18.3 Å². The number of halogens is 1. The Labute approximate surface area is 151 Å². The van der Waals surface area contributed by atoms with Gasteiger partial charge in [-0.3, -0.25) is 9.67 Å². The van der Waals surface area contributed by atoms with E-state index in [2.05, 4.69) is 24.0 Å². The number of hydrogen-bond donors (Lipinski definition) is 0. The third kappa shape index (κ3) is 3.26. The van der Waals surface area contributed by atoms with E-state index in [-0.39, 0.29) is 5.82 Å². The average molecular weight is 343 g/mol. The number of hydrogen-bond acceptors (Lipinski definition) is 2. The second-order valence-corrected chi connectivity index (χ2v) is 6.25. The van der Waals surface area contributed by atoms with Crippen LogP contribution in [0.15, 0.2) is 79.0 Å². The van der Waals surface area contributed by atoms with Gasteiger partial charge >= 0.3 is 0 Å². The third-order valence-corrected chi connectivity index (χ3v) is 4.30. The summed E-state index contributed by atoms with van der Waals surface area (Å²) in [6.07, 6.45) is 1.75. The Morgan fingerprint density at radius 2 is 1.73 bits per heavy atom. The van der Waals surface area contributed by atoms with Crippen LogP contribution < -0.4 is 0 Å². The van der Waals surface area contributed by atoms with Crippen molar-refractivity contribution in [1.29, 1.82) is 0 Å². The van der Waals surface area contributed by atoms with Gasteiger partial charge < -0.3 is 0 Å². The van der Waals surface area contributed by atoms with Gasteiger partial charge in [0.05, 0.1) is 17.9 Å². The quantitative estimate of drug-likeness (QED) is 0.516. The minimum atomic E-state index is -0.224. The first kappa shape index (κ1) is 16.2. The predicted octanol–water partition coefficient (Wildman–Crippen LogP) is 5.11. The van der Waals surface area contributed by atoms with Crippen molar-refractivity contribution in [3.63, 3.8) is 0 Å². The number of benzene rings is 2. The van der Waals surface area contributed by atoms with Gasteiger partial charge in [-0.2, -0.15) is 5.10 Å². The van der Waals surface area contributed by atoms with Crippen molar-refractivity contribution >= 4 is 0 Å². The normalized spacial score (nSPS) is 10.8. The van der Waals surface area contributed by atoms with Gasteiger partial charge in [-0.1, -0.05) is 48.0 Å². The first-order valence-corrected chi connectivity index (χ1v) is 8.50. The van der Waals surface area contributed by atoms with E-state index >= 15 is 0 Å². The fraction of sp³-hybridized carbons (Fsp3) is 0.0909. The summed E-state index contributed by atoms with van der Waals surface area (Å²) in [4.78, 5) is 4.39. The van der Waals surface area contributed by atoms with Gasteiger partial charge in [0.25, 0.3) is 0 Å². The van der Waals surface area contributed by atoms with Crippen LogP contribution in [0, 0.1) is 12.7 Å². The molecule has 0 amide bonds. The molecule has 3 nitrogen and oxygen atoms in total. The molecule has 0 saturated carbocycles. The maximum atomic E-state index is 14.1. The molecule has 0 aliphatic rings. The molecule has 0 N–H and O–H groups in total. The first-order valence-electron chi connectivity index (χ1n) is 8.50. The van der Waals surface area contributed by atoms with Gasteiger partial charge in [-0.05, 0) is 37.3 Å². The lowest BCUT2D eigenvalue weighted by molar-refractivity contribution is 0.587. The molecular formula is C22H18FN3. The smallest absolute Gasteiger partial charge is 0.128 e. The Morgan fingerprint density at radius 3 is 2.50 bits per heavy atom. The summed E-state index contributed by atoms with van der Waals surface area (Å²) in [7, 11) is 0. The second kappa shape index (κ2) is 6.92. The van der Waals surface area contributed by atoms with E-state index in [4.69, 9.17) is 5.10 Å². The molecule has 4 heteroatoms. The predicted molar refractivity (Wildman–Crippen MR) is 101 cm³/mol. The van der Waals surface area contributed by atoms with Gasteiger partial charge in [0.2, 0.25) is 0 Å². The van der Waals surface area contributed by atoms with Crippen LogP contribution in [0.4, 0.5) is 4.39 Å². The highest BCUT2D eigenvalue weighted by Gasteiger charge is 2.14. The molecule has 4 rings (SSSR count). The highest BCUT2D eigenvalue weighted by molar-refractivity contribution is 5.67. The van der Waals surface area contributed by atoms with Crippen molar-refractivity contribution in [2.24, 2.45) is 0 Å². The molecule has 0 radical (unpaired) electrons. The van der Waals surface area contributed by atoms with Crippen LogP contribution in [0.2, 0.25) is 0 Å². The maximum absolute atomic E-state index is 14.1. The molecule has 0 fully saturated rings. The van der Waals surface area contributed by atoms with Gasteiger partial charge in [-0.15, -0.1) is 0 Å². The summed E-state index contributed by atoms with van der Waals surface area (Å²) >= 11 is 0. The van der Waals surface area contributed by atoms with Crippen LogP contribution in [-0.2, 0) is 6.54 Å². The fourth-order valence-electron chi connectivity index (χ4n) is 3.00. The van der Waals surface area contributed by atoms with Crippen molar-refractivity contribution in [1.82, 2.24) is 14.8 Å². The molecule has 0 spiro atoms. The first-order chi connectivity index (χ1) is 12.7. The van der Waals surface area contributed by atoms with Crippen molar-refractivity contribution < 1.29 is 4.39 Å². The summed E-state index contributed by atoms with van der Waals surface area (Å²) in [6, 6.07) is 22.8. The van der Waals surface area contributed by atoms with E-state index < -0.39 is 0 Å².